The van der Waals surface area contributed by atoms with Crippen molar-refractivity contribution in [3.63, 3.8) is 0 Å². The summed E-state index contributed by atoms with van der Waals surface area (Å²) in [5, 5.41) is 37.1. The molecular formula is C16H11N5NaO9S+. The van der Waals surface area contributed by atoms with Gasteiger partial charge in [0, 0.05) is 23.4 Å². The average molecular weight is 472 g/mol. The Balaban J connectivity index is 0.00000363. The number of hydroxylamine groups is 2. The number of allylic oxidation sites excluding steroid dienone is 4. The number of nitro groups is 1. The maximum Gasteiger partial charge on any atom is 1.00 e. The van der Waals surface area contributed by atoms with Crippen molar-refractivity contribution in [3.8, 4) is 0 Å². The van der Waals surface area contributed by atoms with Gasteiger partial charge >= 0.3 is 45.7 Å². The molecule has 160 valence electrons. The fourth-order valence-electron chi connectivity index (χ4n) is 2.65. The van der Waals surface area contributed by atoms with Crippen LogP contribution in [0.2, 0.25) is 0 Å². The molecule has 3 rings (SSSR count). The topological polar surface area (TPSA) is 232 Å². The van der Waals surface area contributed by atoms with Gasteiger partial charge in [-0.15, -0.1) is 10.2 Å². The number of hydrogen-bond donors (Lipinski definition) is 4. The van der Waals surface area contributed by atoms with Crippen molar-refractivity contribution in [2.45, 2.75) is 0 Å². The Morgan fingerprint density at radius 3 is 2.31 bits per heavy atom. The Hall–Kier alpha value is -2.89. The van der Waals surface area contributed by atoms with Crippen LogP contribution in [0, 0.1) is 15.3 Å². The predicted octanol–water partition coefficient (Wildman–Crippen LogP) is -2.13. The van der Waals surface area contributed by atoms with Gasteiger partial charge in [0.25, 0.3) is 10.7 Å². The number of carbonyl (C=O) groups is 2. The Bertz CT molecular complexity index is 1240. The molecule has 0 atom stereocenters. The van der Waals surface area contributed by atoms with Crippen molar-refractivity contribution in [2.75, 3.05) is 5.73 Å². The van der Waals surface area contributed by atoms with E-state index in [2.05, 4.69) is 10.2 Å². The second kappa shape index (κ2) is 9.31. The van der Waals surface area contributed by atoms with Gasteiger partial charge in [-0.05, 0) is 28.0 Å². The van der Waals surface area contributed by atoms with Crippen molar-refractivity contribution < 1.29 is 62.6 Å². The van der Waals surface area contributed by atoms with Gasteiger partial charge in [-0.3, -0.25) is 24.9 Å². The minimum absolute atomic E-state index is 0. The number of benzene rings is 1. The largest absolute Gasteiger partial charge is 1.00 e. The number of anilines is 1. The van der Waals surface area contributed by atoms with Crippen molar-refractivity contribution in [1.29, 1.82) is 0 Å². The second-order valence-corrected chi connectivity index (χ2v) is 7.51. The van der Waals surface area contributed by atoms with Crippen LogP contribution in [0.15, 0.2) is 56.9 Å². The second-order valence-electron chi connectivity index (χ2n) is 6.07. The van der Waals surface area contributed by atoms with Gasteiger partial charge in [0.1, 0.15) is 5.71 Å². The van der Waals surface area contributed by atoms with E-state index in [-0.39, 0.29) is 46.4 Å². The quantitative estimate of drug-likeness (QED) is 0.0922. The Morgan fingerprint density at radius 1 is 1.09 bits per heavy atom. The van der Waals surface area contributed by atoms with E-state index in [1.54, 1.807) is 0 Å². The molecule has 2 aliphatic rings. The first-order valence-corrected chi connectivity index (χ1v) is 9.47. The molecule has 0 saturated heterocycles. The summed E-state index contributed by atoms with van der Waals surface area (Å²) >= 11 is 0. The van der Waals surface area contributed by atoms with Crippen molar-refractivity contribution in [3.05, 3.63) is 73.1 Å². The monoisotopic (exact) mass is 472 g/mol. The number of nitrogens with zero attached hydrogens (tertiary/aromatic N) is 4. The summed E-state index contributed by atoms with van der Waals surface area (Å²) in [6, 6.07) is 4.00. The molecule has 0 aromatic heterocycles. The molecule has 0 spiro atoms. The minimum Gasteiger partial charge on any atom is -0.733 e. The summed E-state index contributed by atoms with van der Waals surface area (Å²) < 4.78 is 31.0. The van der Waals surface area contributed by atoms with E-state index in [0.29, 0.717) is 12.2 Å². The van der Waals surface area contributed by atoms with E-state index < -0.39 is 59.9 Å². The third kappa shape index (κ3) is 4.95. The zero-order valence-electron chi connectivity index (χ0n) is 16.0. The first-order chi connectivity index (χ1) is 14.4. The standard InChI is InChI=1S/C16H11N5O9S.Na/c17-8-2-1-7-3-13(31(28,29)30)14(15(22)10(7)4-8)19-18-11-5-9(20(24)25)6-12(16(11)23)21(26)27;/h1-6,24H,17H2,(H2,28,29,30);/q;+1. The molecule has 1 aromatic carbocycles. The number of fused-ring (bicyclic) bond motifs is 1. The van der Waals surface area contributed by atoms with Gasteiger partial charge in [-0.2, -0.15) is 9.11 Å². The molecule has 0 saturated carbocycles. The molecule has 0 aliphatic heterocycles. The van der Waals surface area contributed by atoms with Crippen LogP contribution in [-0.4, -0.2) is 47.5 Å². The molecule has 1 aromatic rings. The molecule has 0 fully saturated rings. The number of ketones is 2. The normalized spacial score (nSPS) is 18.4. The first kappa shape index (κ1) is 25.4. The van der Waals surface area contributed by atoms with Gasteiger partial charge < -0.3 is 16.2 Å². The van der Waals surface area contributed by atoms with Crippen LogP contribution in [0.1, 0.15) is 15.9 Å². The van der Waals surface area contributed by atoms with Crippen molar-refractivity contribution in [2.24, 2.45) is 10.2 Å². The fraction of sp³-hybridized carbons (Fsp3) is 0. The van der Waals surface area contributed by atoms with Crippen LogP contribution in [0.4, 0.5) is 5.69 Å². The molecule has 32 heavy (non-hydrogen) atoms. The Morgan fingerprint density at radius 2 is 1.75 bits per heavy atom. The van der Waals surface area contributed by atoms with Gasteiger partial charge in [0.05, 0.1) is 10.6 Å². The first-order valence-electron chi connectivity index (χ1n) is 8.00. The molecule has 2 aliphatic carbocycles. The summed E-state index contributed by atoms with van der Waals surface area (Å²) in [7, 11) is -4.73. The molecule has 0 heterocycles. The van der Waals surface area contributed by atoms with E-state index in [4.69, 9.17) is 10.9 Å². The van der Waals surface area contributed by atoms with Crippen LogP contribution in [0.25, 0.3) is 6.08 Å². The van der Waals surface area contributed by atoms with E-state index in [9.17, 15) is 38.2 Å². The van der Waals surface area contributed by atoms with Gasteiger partial charge in [-0.25, -0.2) is 0 Å². The summed E-state index contributed by atoms with van der Waals surface area (Å²) in [5.74, 6) is -2.29. The zero-order valence-corrected chi connectivity index (χ0v) is 18.8. The average Bonchev–Trinajstić information content (AvgIpc) is 2.67. The number of carbonyl (C=O) groups excluding carboxylic acids is 2. The number of nitrogens with two attached hydrogens (primary N) is 1. The third-order valence-electron chi connectivity index (χ3n) is 4.05. The van der Waals surface area contributed by atoms with Crippen molar-refractivity contribution >= 4 is 45.2 Å². The van der Waals surface area contributed by atoms with Crippen LogP contribution in [0.5, 0.6) is 0 Å². The molecule has 0 bridgehead atoms. The molecule has 14 nitrogen and oxygen atoms in total. The SMILES string of the molecule is Nc1ccc2c(c1)C(=O)C(=NN=C1C=C(N([O-])O)C=C([N+](=O)[O-])C1=O)C([S+](=O)(O)O)=C2.[Na+]. The molecule has 0 amide bonds. The van der Waals surface area contributed by atoms with Crippen molar-refractivity contribution in [1.82, 2.24) is 5.23 Å². The Kier molecular flexibility index (Phi) is 7.38. The van der Waals surface area contributed by atoms with Crippen LogP contribution >= 0.6 is 0 Å². The number of hydrogen-bond acceptors (Lipinski definition) is 11. The van der Waals surface area contributed by atoms with E-state index in [0.717, 1.165) is 6.08 Å². The zero-order chi connectivity index (χ0) is 23.1. The van der Waals surface area contributed by atoms with Gasteiger partial charge in [0.2, 0.25) is 5.78 Å². The van der Waals surface area contributed by atoms with Crippen LogP contribution in [-0.2, 0) is 19.5 Å². The molecule has 16 heteroatoms. The Labute approximate surface area is 201 Å². The predicted molar refractivity (Wildman–Crippen MR) is 107 cm³/mol. The van der Waals surface area contributed by atoms with Gasteiger partial charge in [-0.1, -0.05) is 6.07 Å². The summed E-state index contributed by atoms with van der Waals surface area (Å²) in [5.41, 5.74) is 2.37. The number of rotatable bonds is 4. The number of nitrogen functional groups attached to an aromatic ring is 1. The summed E-state index contributed by atoms with van der Waals surface area (Å²) in [4.78, 5) is 34.0. The molecule has 0 radical (unpaired) electrons. The molecular weight excluding hydrogens is 461 g/mol. The third-order valence-corrected chi connectivity index (χ3v) is 4.94. The maximum atomic E-state index is 12.8. The van der Waals surface area contributed by atoms with E-state index in [1.165, 1.54) is 18.2 Å². The minimum atomic E-state index is -4.73. The summed E-state index contributed by atoms with van der Waals surface area (Å²) in [6.07, 6.45) is 2.12. The van der Waals surface area contributed by atoms with Crippen LogP contribution in [0.3, 0.4) is 0 Å². The smallest absolute Gasteiger partial charge is 0.733 e. The summed E-state index contributed by atoms with van der Waals surface area (Å²) in [6.45, 7) is 0. The number of Topliss-reactive ketones (excluding diaryl/α,β-unsaturated/α-hetero) is 2. The maximum absolute atomic E-state index is 12.8. The van der Waals surface area contributed by atoms with Gasteiger partial charge in [0.15, 0.2) is 5.71 Å². The van der Waals surface area contributed by atoms with E-state index >= 15 is 0 Å². The fourth-order valence-corrected chi connectivity index (χ4v) is 3.32. The molecule has 5 N–H and O–H groups in total. The van der Waals surface area contributed by atoms with E-state index in [1.807, 2.05) is 0 Å². The molecule has 0 unspecified atom stereocenters. The van der Waals surface area contributed by atoms with Crippen LogP contribution < -0.4 is 35.3 Å².